The molecule has 0 aromatic heterocycles. The van der Waals surface area contributed by atoms with Gasteiger partial charge in [-0.05, 0) is 31.7 Å². The van der Waals surface area contributed by atoms with Crippen molar-refractivity contribution in [3.05, 3.63) is 0 Å². The minimum absolute atomic E-state index is 0.196. The average molecular weight is 255 g/mol. The van der Waals surface area contributed by atoms with Gasteiger partial charge in [0.1, 0.15) is 0 Å². The van der Waals surface area contributed by atoms with Gasteiger partial charge in [-0.2, -0.15) is 0 Å². The van der Waals surface area contributed by atoms with E-state index in [1.54, 1.807) is 0 Å². The van der Waals surface area contributed by atoms with Crippen LogP contribution in [0.25, 0.3) is 0 Å². The van der Waals surface area contributed by atoms with Crippen molar-refractivity contribution < 1.29 is 4.79 Å². The summed E-state index contributed by atoms with van der Waals surface area (Å²) in [5.74, 6) is 0.460. The zero-order chi connectivity index (χ0) is 13.7. The summed E-state index contributed by atoms with van der Waals surface area (Å²) in [4.78, 5) is 13.9. The number of hydrogen-bond donors (Lipinski definition) is 2. The Bertz CT molecular complexity index is 266. The molecule has 0 aromatic carbocycles. The van der Waals surface area contributed by atoms with Crippen LogP contribution >= 0.6 is 0 Å². The van der Waals surface area contributed by atoms with E-state index in [9.17, 15) is 4.79 Å². The average Bonchev–Trinajstić information content (AvgIpc) is 2.71. The molecule has 2 unspecified atom stereocenters. The van der Waals surface area contributed by atoms with Crippen molar-refractivity contribution in [1.29, 1.82) is 0 Å². The smallest absolute Gasteiger partial charge is 0.234 e. The third kappa shape index (κ3) is 4.58. The Morgan fingerprint density at radius 3 is 2.56 bits per heavy atom. The lowest BCUT2D eigenvalue weighted by Crippen LogP contribution is -2.47. The van der Waals surface area contributed by atoms with Crippen LogP contribution in [0.2, 0.25) is 0 Å². The molecule has 3 N–H and O–H groups in total. The van der Waals surface area contributed by atoms with Crippen LogP contribution in [0.1, 0.15) is 47.0 Å². The minimum atomic E-state index is -0.232. The highest BCUT2D eigenvalue weighted by Gasteiger charge is 2.28. The van der Waals surface area contributed by atoms with Crippen molar-refractivity contribution in [2.75, 3.05) is 13.1 Å². The maximum Gasteiger partial charge on any atom is 0.234 e. The lowest BCUT2D eigenvalue weighted by atomic mass is 10.0. The Morgan fingerprint density at radius 1 is 1.39 bits per heavy atom. The minimum Gasteiger partial charge on any atom is -0.368 e. The molecule has 0 saturated carbocycles. The van der Waals surface area contributed by atoms with Crippen LogP contribution in [-0.2, 0) is 4.79 Å². The van der Waals surface area contributed by atoms with Crippen LogP contribution in [0.4, 0.5) is 0 Å². The topological polar surface area (TPSA) is 58.4 Å². The van der Waals surface area contributed by atoms with E-state index in [1.165, 1.54) is 12.8 Å². The first-order valence-electron chi connectivity index (χ1n) is 7.21. The Kier molecular flexibility index (Phi) is 6.09. The summed E-state index contributed by atoms with van der Waals surface area (Å²) in [7, 11) is 0. The molecule has 4 heteroatoms. The van der Waals surface area contributed by atoms with Gasteiger partial charge in [0.2, 0.25) is 5.91 Å². The van der Waals surface area contributed by atoms with Crippen LogP contribution in [0, 0.1) is 5.92 Å². The van der Waals surface area contributed by atoms with E-state index in [0.717, 1.165) is 19.5 Å². The lowest BCUT2D eigenvalue weighted by Gasteiger charge is -2.29. The molecular weight excluding hydrogens is 226 g/mol. The van der Waals surface area contributed by atoms with Gasteiger partial charge in [-0.15, -0.1) is 0 Å². The number of carbonyl (C=O) groups excluding carboxylic acids is 1. The molecule has 2 atom stereocenters. The molecule has 106 valence electrons. The van der Waals surface area contributed by atoms with Gasteiger partial charge < -0.3 is 16.0 Å². The van der Waals surface area contributed by atoms with Crippen LogP contribution in [0.5, 0.6) is 0 Å². The van der Waals surface area contributed by atoms with Gasteiger partial charge >= 0.3 is 0 Å². The Hall–Kier alpha value is -0.610. The van der Waals surface area contributed by atoms with Gasteiger partial charge in [0, 0.05) is 18.6 Å². The fraction of sp³-hybridized carbons (Fsp3) is 0.929. The number of carbonyl (C=O) groups is 1. The number of amides is 1. The maximum absolute atomic E-state index is 11.4. The third-order valence-corrected chi connectivity index (χ3v) is 3.77. The number of nitrogens with one attached hydrogen (secondary N) is 1. The molecule has 0 spiro atoms. The predicted octanol–water partition coefficient (Wildman–Crippen LogP) is 1.35. The molecule has 1 rings (SSSR count). The molecule has 0 aromatic rings. The quantitative estimate of drug-likeness (QED) is 0.722. The summed E-state index contributed by atoms with van der Waals surface area (Å²) in [6.07, 6.45) is 3.38. The zero-order valence-corrected chi connectivity index (χ0v) is 12.3. The number of hydrogen-bond acceptors (Lipinski definition) is 3. The second-order valence-electron chi connectivity index (χ2n) is 6.05. The summed E-state index contributed by atoms with van der Waals surface area (Å²) in [5, 5.41) is 3.25. The van der Waals surface area contributed by atoms with Crippen LogP contribution in [-0.4, -0.2) is 42.0 Å². The van der Waals surface area contributed by atoms with Crippen LogP contribution in [0.15, 0.2) is 0 Å². The van der Waals surface area contributed by atoms with Gasteiger partial charge in [0.05, 0.1) is 6.04 Å². The molecule has 4 nitrogen and oxygen atoms in total. The SMILES string of the molecule is CC(C)NC(CCN1CCCC1C(C)C)C(N)=O. The first kappa shape index (κ1) is 15.4. The summed E-state index contributed by atoms with van der Waals surface area (Å²) in [5.41, 5.74) is 5.44. The maximum atomic E-state index is 11.4. The monoisotopic (exact) mass is 255 g/mol. The summed E-state index contributed by atoms with van der Waals surface area (Å²) in [6, 6.07) is 0.776. The molecular formula is C14H29N3O. The summed E-state index contributed by atoms with van der Waals surface area (Å²) < 4.78 is 0. The second-order valence-corrected chi connectivity index (χ2v) is 6.05. The van der Waals surface area contributed by atoms with Gasteiger partial charge in [-0.3, -0.25) is 4.79 Å². The van der Waals surface area contributed by atoms with E-state index in [0.29, 0.717) is 18.0 Å². The van der Waals surface area contributed by atoms with Crippen molar-refractivity contribution in [1.82, 2.24) is 10.2 Å². The zero-order valence-electron chi connectivity index (χ0n) is 12.3. The first-order valence-corrected chi connectivity index (χ1v) is 7.21. The molecule has 1 aliphatic heterocycles. The predicted molar refractivity (Wildman–Crippen MR) is 75.3 cm³/mol. The van der Waals surface area contributed by atoms with Crippen LogP contribution < -0.4 is 11.1 Å². The van der Waals surface area contributed by atoms with Crippen molar-refractivity contribution in [3.8, 4) is 0 Å². The highest BCUT2D eigenvalue weighted by Crippen LogP contribution is 2.23. The fourth-order valence-corrected chi connectivity index (χ4v) is 2.89. The number of nitrogens with zero attached hydrogens (tertiary/aromatic N) is 1. The largest absolute Gasteiger partial charge is 0.368 e. The highest BCUT2D eigenvalue weighted by molar-refractivity contribution is 5.79. The molecule has 1 aliphatic rings. The standard InChI is InChI=1S/C14H29N3O/c1-10(2)13-6-5-8-17(13)9-7-12(14(15)18)16-11(3)4/h10-13,16H,5-9H2,1-4H3,(H2,15,18). The number of rotatable bonds is 7. The van der Waals surface area contributed by atoms with Crippen LogP contribution in [0.3, 0.4) is 0 Å². The lowest BCUT2D eigenvalue weighted by molar-refractivity contribution is -0.120. The molecule has 1 amide bonds. The first-order chi connectivity index (χ1) is 8.41. The number of primary amides is 1. The molecule has 0 radical (unpaired) electrons. The van der Waals surface area contributed by atoms with Crippen molar-refractivity contribution in [2.45, 2.75) is 65.1 Å². The summed E-state index contributed by atoms with van der Waals surface area (Å²) in [6.45, 7) is 10.8. The molecule has 1 fully saturated rings. The Balaban J connectivity index is 2.44. The van der Waals surface area contributed by atoms with E-state index in [2.05, 4.69) is 24.1 Å². The van der Waals surface area contributed by atoms with E-state index < -0.39 is 0 Å². The highest BCUT2D eigenvalue weighted by atomic mass is 16.1. The van der Waals surface area contributed by atoms with E-state index in [4.69, 9.17) is 5.73 Å². The normalized spacial score (nSPS) is 22.9. The molecule has 18 heavy (non-hydrogen) atoms. The van der Waals surface area contributed by atoms with Gasteiger partial charge in [-0.25, -0.2) is 0 Å². The van der Waals surface area contributed by atoms with E-state index in [1.807, 2.05) is 13.8 Å². The van der Waals surface area contributed by atoms with Crippen molar-refractivity contribution in [3.63, 3.8) is 0 Å². The molecule has 0 bridgehead atoms. The third-order valence-electron chi connectivity index (χ3n) is 3.77. The fourth-order valence-electron chi connectivity index (χ4n) is 2.89. The van der Waals surface area contributed by atoms with Gasteiger partial charge in [-0.1, -0.05) is 27.7 Å². The molecule has 1 saturated heterocycles. The number of nitrogens with two attached hydrogens (primary N) is 1. The Labute approximate surface area is 111 Å². The summed E-state index contributed by atoms with van der Waals surface area (Å²) >= 11 is 0. The van der Waals surface area contributed by atoms with Crippen molar-refractivity contribution in [2.24, 2.45) is 11.7 Å². The molecule has 0 aliphatic carbocycles. The van der Waals surface area contributed by atoms with E-state index in [-0.39, 0.29) is 11.9 Å². The second kappa shape index (κ2) is 7.10. The van der Waals surface area contributed by atoms with Gasteiger partial charge in [0.25, 0.3) is 0 Å². The van der Waals surface area contributed by atoms with Gasteiger partial charge in [0.15, 0.2) is 0 Å². The number of likely N-dealkylation sites (tertiary alicyclic amines) is 1. The Morgan fingerprint density at radius 2 is 2.06 bits per heavy atom. The van der Waals surface area contributed by atoms with Crippen molar-refractivity contribution >= 4 is 5.91 Å². The van der Waals surface area contributed by atoms with E-state index >= 15 is 0 Å². The molecule has 1 heterocycles.